The molecule has 0 bridgehead atoms. The van der Waals surface area contributed by atoms with E-state index < -0.39 is 11.9 Å². The van der Waals surface area contributed by atoms with E-state index in [1.165, 1.54) is 0 Å². The Bertz CT molecular complexity index is 1330. The van der Waals surface area contributed by atoms with Crippen LogP contribution in [0.25, 0.3) is 16.7 Å². The molecule has 0 spiro atoms. The zero-order valence-corrected chi connectivity index (χ0v) is 21.7. The topological polar surface area (TPSA) is 70.4 Å². The van der Waals surface area contributed by atoms with Crippen molar-refractivity contribution >= 4 is 51.8 Å². The molecule has 1 unspecified atom stereocenters. The van der Waals surface area contributed by atoms with Crippen LogP contribution in [0.1, 0.15) is 37.4 Å². The average Bonchev–Trinajstić information content (AvgIpc) is 3.19. The molecule has 0 aromatic heterocycles. The van der Waals surface area contributed by atoms with Gasteiger partial charge in [-0.3, -0.25) is 4.79 Å². The number of nitrogens with zero attached hydrogens (tertiary/aromatic N) is 1. The van der Waals surface area contributed by atoms with Gasteiger partial charge in [0.25, 0.3) is 0 Å². The summed E-state index contributed by atoms with van der Waals surface area (Å²) >= 11 is 11.3. The normalized spacial score (nSPS) is 16.1. The summed E-state index contributed by atoms with van der Waals surface area (Å²) in [5.41, 5.74) is 10.2. The van der Waals surface area contributed by atoms with Crippen molar-refractivity contribution in [3.63, 3.8) is 0 Å². The maximum Gasteiger partial charge on any atom is 0.249 e. The molecular formula is C28H28ClFN4OS. The Kier molecular flexibility index (Phi) is 7.73. The van der Waals surface area contributed by atoms with E-state index in [0.717, 1.165) is 16.8 Å². The molecule has 4 rings (SSSR count). The fourth-order valence-corrected chi connectivity index (χ4v) is 4.71. The number of allylic oxidation sites excluding steroid dienone is 1. The number of hydrogen-bond acceptors (Lipinski definition) is 3. The lowest BCUT2D eigenvalue weighted by Gasteiger charge is -2.23. The van der Waals surface area contributed by atoms with E-state index in [0.29, 0.717) is 45.5 Å². The van der Waals surface area contributed by atoms with E-state index in [2.05, 4.69) is 17.2 Å². The minimum Gasteiger partial charge on any atom is -0.351 e. The van der Waals surface area contributed by atoms with Crippen LogP contribution in [0.15, 0.2) is 67.2 Å². The van der Waals surface area contributed by atoms with Crippen LogP contribution in [-0.4, -0.2) is 23.6 Å². The molecule has 1 aliphatic heterocycles. The molecule has 0 aliphatic carbocycles. The number of carbonyl (C=O) groups excluding carboxylic acids is 1. The number of carbonyl (C=O) groups is 1. The van der Waals surface area contributed by atoms with Gasteiger partial charge in [-0.25, -0.2) is 4.39 Å². The van der Waals surface area contributed by atoms with Gasteiger partial charge in [-0.1, -0.05) is 36.4 Å². The molecule has 0 radical (unpaired) electrons. The van der Waals surface area contributed by atoms with Crippen molar-refractivity contribution in [3.05, 3.63) is 89.2 Å². The van der Waals surface area contributed by atoms with Crippen molar-refractivity contribution in [1.29, 1.82) is 0 Å². The molecule has 8 heteroatoms. The van der Waals surface area contributed by atoms with Gasteiger partial charge >= 0.3 is 0 Å². The maximum absolute atomic E-state index is 15.9. The SMILES string of the molecule is C=C(C)c1c(N2CC[C@@H](NC(=S)Nc3ccc(Cl)cc3)C2=O)ccc(-c2cccc(C(C)N)c2)c1F. The molecule has 0 saturated carbocycles. The van der Waals surface area contributed by atoms with Crippen LogP contribution >= 0.6 is 23.8 Å². The zero-order chi connectivity index (χ0) is 26.0. The first-order valence-corrected chi connectivity index (χ1v) is 12.4. The Morgan fingerprint density at radius 3 is 2.61 bits per heavy atom. The van der Waals surface area contributed by atoms with E-state index >= 15 is 4.39 Å². The van der Waals surface area contributed by atoms with Crippen LogP contribution in [0, 0.1) is 5.82 Å². The monoisotopic (exact) mass is 522 g/mol. The summed E-state index contributed by atoms with van der Waals surface area (Å²) in [4.78, 5) is 14.9. The maximum atomic E-state index is 15.9. The number of halogens is 2. The number of rotatable bonds is 6. The van der Waals surface area contributed by atoms with Crippen LogP contribution in [0.3, 0.4) is 0 Å². The lowest BCUT2D eigenvalue weighted by Crippen LogP contribution is -2.43. The summed E-state index contributed by atoms with van der Waals surface area (Å²) < 4.78 is 15.9. The number of amides is 1. The first-order valence-electron chi connectivity index (χ1n) is 11.6. The third-order valence-electron chi connectivity index (χ3n) is 6.17. The van der Waals surface area contributed by atoms with Gasteiger partial charge < -0.3 is 21.3 Å². The second kappa shape index (κ2) is 10.8. The highest BCUT2D eigenvalue weighted by Gasteiger charge is 2.35. The highest BCUT2D eigenvalue weighted by Crippen LogP contribution is 2.37. The molecule has 36 heavy (non-hydrogen) atoms. The van der Waals surface area contributed by atoms with E-state index in [4.69, 9.17) is 29.6 Å². The third kappa shape index (κ3) is 5.43. The second-order valence-electron chi connectivity index (χ2n) is 8.95. The van der Waals surface area contributed by atoms with E-state index in [9.17, 15) is 4.79 Å². The van der Waals surface area contributed by atoms with Crippen molar-refractivity contribution in [2.45, 2.75) is 32.4 Å². The summed E-state index contributed by atoms with van der Waals surface area (Å²) in [7, 11) is 0. The molecule has 1 fully saturated rings. The highest BCUT2D eigenvalue weighted by atomic mass is 35.5. The fourth-order valence-electron chi connectivity index (χ4n) is 4.32. The Labute approximate surface area is 221 Å². The van der Waals surface area contributed by atoms with E-state index in [1.54, 1.807) is 48.2 Å². The standard InChI is InChI=1S/C28H28ClFN4OS/c1-16(2)25-24(12-11-22(26(25)30)19-6-4-5-18(15-19)17(3)31)34-14-13-23(27(34)35)33-28(36)32-21-9-7-20(29)8-10-21/h4-12,15,17,23H,1,13-14,31H2,2-3H3,(H2,32,33,36)/t17?,23-/m1/s1. The summed E-state index contributed by atoms with van der Waals surface area (Å²) in [5, 5.41) is 7.08. The Balaban J connectivity index is 1.56. The molecule has 2 atom stereocenters. The minimum absolute atomic E-state index is 0.167. The van der Waals surface area contributed by atoms with Crippen molar-refractivity contribution in [3.8, 4) is 11.1 Å². The average molecular weight is 523 g/mol. The lowest BCUT2D eigenvalue weighted by molar-refractivity contribution is -0.118. The van der Waals surface area contributed by atoms with Crippen LogP contribution in [-0.2, 0) is 4.79 Å². The lowest BCUT2D eigenvalue weighted by atomic mass is 9.95. The van der Waals surface area contributed by atoms with E-state index in [1.807, 2.05) is 31.2 Å². The fraction of sp³-hybridized carbons (Fsp3) is 0.214. The van der Waals surface area contributed by atoms with Crippen LogP contribution in [0.5, 0.6) is 0 Å². The van der Waals surface area contributed by atoms with Gasteiger partial charge in [0, 0.05) is 34.4 Å². The van der Waals surface area contributed by atoms with Crippen LogP contribution in [0.2, 0.25) is 5.02 Å². The van der Waals surface area contributed by atoms with Gasteiger partial charge in [-0.15, -0.1) is 0 Å². The predicted molar refractivity (Wildman–Crippen MR) is 151 cm³/mol. The first-order chi connectivity index (χ1) is 17.2. The molecule has 3 aromatic carbocycles. The molecule has 186 valence electrons. The summed E-state index contributed by atoms with van der Waals surface area (Å²) in [6.45, 7) is 8.05. The first kappa shape index (κ1) is 25.8. The second-order valence-corrected chi connectivity index (χ2v) is 9.80. The van der Waals surface area contributed by atoms with Crippen LogP contribution in [0.4, 0.5) is 15.8 Å². The van der Waals surface area contributed by atoms with Gasteiger partial charge in [0.1, 0.15) is 11.9 Å². The minimum atomic E-state index is -0.527. The number of anilines is 2. The number of benzene rings is 3. The Morgan fingerprint density at radius 1 is 1.22 bits per heavy atom. The van der Waals surface area contributed by atoms with Gasteiger partial charge in [0.15, 0.2) is 5.11 Å². The van der Waals surface area contributed by atoms with Gasteiger partial charge in [-0.05, 0) is 91.7 Å². The predicted octanol–water partition coefficient (Wildman–Crippen LogP) is 6.29. The molecule has 1 saturated heterocycles. The zero-order valence-electron chi connectivity index (χ0n) is 20.1. The summed E-state index contributed by atoms with van der Waals surface area (Å²) in [5.74, 6) is -0.588. The number of nitrogens with one attached hydrogen (secondary N) is 2. The molecule has 1 aliphatic rings. The van der Waals surface area contributed by atoms with Crippen molar-refractivity contribution in [2.75, 3.05) is 16.8 Å². The molecule has 1 heterocycles. The summed E-state index contributed by atoms with van der Waals surface area (Å²) in [6.07, 6.45) is 0.525. The van der Waals surface area contributed by atoms with Gasteiger partial charge in [-0.2, -0.15) is 0 Å². The largest absolute Gasteiger partial charge is 0.351 e. The van der Waals surface area contributed by atoms with Crippen molar-refractivity contribution < 1.29 is 9.18 Å². The Hall–Kier alpha value is -3.26. The van der Waals surface area contributed by atoms with Crippen molar-refractivity contribution in [2.24, 2.45) is 5.73 Å². The molecule has 4 N–H and O–H groups in total. The van der Waals surface area contributed by atoms with E-state index in [-0.39, 0.29) is 11.9 Å². The van der Waals surface area contributed by atoms with Gasteiger partial charge in [0.2, 0.25) is 5.91 Å². The molecule has 5 nitrogen and oxygen atoms in total. The van der Waals surface area contributed by atoms with Crippen LogP contribution < -0.4 is 21.3 Å². The molecule has 1 amide bonds. The summed E-state index contributed by atoms with van der Waals surface area (Å²) in [6, 6.07) is 17.4. The Morgan fingerprint density at radius 2 is 1.94 bits per heavy atom. The third-order valence-corrected chi connectivity index (χ3v) is 6.65. The highest BCUT2D eigenvalue weighted by molar-refractivity contribution is 7.80. The number of thiocarbonyl (C=S) groups is 1. The van der Waals surface area contributed by atoms with Crippen molar-refractivity contribution in [1.82, 2.24) is 5.32 Å². The molecular weight excluding hydrogens is 495 g/mol. The quantitative estimate of drug-likeness (QED) is 0.332. The smallest absolute Gasteiger partial charge is 0.249 e. The number of nitrogens with two attached hydrogens (primary N) is 1. The number of hydrogen-bond donors (Lipinski definition) is 3. The molecule has 3 aromatic rings. The van der Waals surface area contributed by atoms with Gasteiger partial charge in [0.05, 0.1) is 5.69 Å².